The lowest BCUT2D eigenvalue weighted by atomic mass is 10.1. The van der Waals surface area contributed by atoms with Crippen LogP contribution in [0.1, 0.15) is 24.9 Å². The van der Waals surface area contributed by atoms with Crippen molar-refractivity contribution in [2.45, 2.75) is 30.1 Å². The van der Waals surface area contributed by atoms with Gasteiger partial charge in [-0.25, -0.2) is 4.79 Å². The summed E-state index contributed by atoms with van der Waals surface area (Å²) in [6, 6.07) is 8.10. The van der Waals surface area contributed by atoms with Crippen LogP contribution in [0.3, 0.4) is 0 Å². The molecule has 0 saturated carbocycles. The van der Waals surface area contributed by atoms with Crippen LogP contribution in [-0.2, 0) is 14.4 Å². The van der Waals surface area contributed by atoms with E-state index in [1.54, 1.807) is 31.2 Å². The largest absolute Gasteiger partial charge is 0.477 e. The van der Waals surface area contributed by atoms with E-state index in [1.807, 2.05) is 6.07 Å². The standard InChI is InChI=1S/C16H17N3O4S/c1-8-13(16(22)23)19-10(20)7-11(19)24-15(8)18-14(21)12(17)9-5-3-2-4-6-9/h2-6,11-12,15H,7,17H2,1H3,(H,18,21)(H,22,23)/t11-,12?,15?/m1/s1. The van der Waals surface area contributed by atoms with Crippen molar-refractivity contribution in [1.29, 1.82) is 0 Å². The predicted octanol–water partition coefficient (Wildman–Crippen LogP) is 0.793. The summed E-state index contributed by atoms with van der Waals surface area (Å²) in [5, 5.41) is 11.4. The summed E-state index contributed by atoms with van der Waals surface area (Å²) < 4.78 is 0. The van der Waals surface area contributed by atoms with Gasteiger partial charge in [-0.2, -0.15) is 0 Å². The maximum atomic E-state index is 12.4. The van der Waals surface area contributed by atoms with Crippen molar-refractivity contribution in [3.63, 3.8) is 0 Å². The molecule has 0 radical (unpaired) electrons. The fourth-order valence-electron chi connectivity index (χ4n) is 2.78. The number of carboxylic acid groups (broad SMARTS) is 1. The zero-order chi connectivity index (χ0) is 17.4. The van der Waals surface area contributed by atoms with Gasteiger partial charge in [-0.05, 0) is 18.1 Å². The molecule has 0 bridgehead atoms. The maximum absolute atomic E-state index is 12.4. The average Bonchev–Trinajstić information content (AvgIpc) is 2.56. The Bertz CT molecular complexity index is 734. The number of nitrogens with one attached hydrogen (secondary N) is 1. The first-order valence-corrected chi connectivity index (χ1v) is 8.37. The monoisotopic (exact) mass is 347 g/mol. The highest BCUT2D eigenvalue weighted by molar-refractivity contribution is 8.00. The van der Waals surface area contributed by atoms with E-state index in [-0.39, 0.29) is 29.3 Å². The van der Waals surface area contributed by atoms with Crippen LogP contribution in [-0.4, -0.2) is 38.5 Å². The fourth-order valence-corrected chi connectivity index (χ4v) is 4.18. The summed E-state index contributed by atoms with van der Waals surface area (Å²) in [6.45, 7) is 1.61. The van der Waals surface area contributed by atoms with Crippen molar-refractivity contribution in [2.24, 2.45) is 5.73 Å². The molecule has 4 N–H and O–H groups in total. The van der Waals surface area contributed by atoms with Gasteiger partial charge in [0.15, 0.2) is 0 Å². The number of carbonyl (C=O) groups excluding carboxylic acids is 2. The summed E-state index contributed by atoms with van der Waals surface area (Å²) >= 11 is 1.35. The Kier molecular flexibility index (Phi) is 4.33. The van der Waals surface area contributed by atoms with Gasteiger partial charge >= 0.3 is 5.97 Å². The molecule has 0 spiro atoms. The third kappa shape index (κ3) is 2.78. The molecule has 0 aromatic heterocycles. The van der Waals surface area contributed by atoms with Crippen LogP contribution in [0.2, 0.25) is 0 Å². The lowest BCUT2D eigenvalue weighted by Crippen LogP contribution is -2.57. The highest BCUT2D eigenvalue weighted by atomic mass is 32.2. The van der Waals surface area contributed by atoms with Crippen LogP contribution >= 0.6 is 11.8 Å². The van der Waals surface area contributed by atoms with E-state index in [4.69, 9.17) is 5.73 Å². The van der Waals surface area contributed by atoms with E-state index in [0.717, 1.165) is 0 Å². The number of amides is 2. The van der Waals surface area contributed by atoms with Gasteiger partial charge in [-0.1, -0.05) is 30.3 Å². The minimum absolute atomic E-state index is 0.0476. The summed E-state index contributed by atoms with van der Waals surface area (Å²) in [5.74, 6) is -1.77. The Morgan fingerprint density at radius 2 is 2.04 bits per heavy atom. The van der Waals surface area contributed by atoms with E-state index in [1.165, 1.54) is 16.7 Å². The van der Waals surface area contributed by atoms with Crippen molar-refractivity contribution in [1.82, 2.24) is 10.2 Å². The van der Waals surface area contributed by atoms with Gasteiger partial charge < -0.3 is 16.2 Å². The van der Waals surface area contributed by atoms with Crippen molar-refractivity contribution in [2.75, 3.05) is 0 Å². The normalized spacial score (nSPS) is 24.1. The van der Waals surface area contributed by atoms with Gasteiger partial charge in [0.25, 0.3) is 0 Å². The highest BCUT2D eigenvalue weighted by Crippen LogP contribution is 2.43. The summed E-state index contributed by atoms with van der Waals surface area (Å²) in [5.41, 5.74) is 7.04. The highest BCUT2D eigenvalue weighted by Gasteiger charge is 2.47. The summed E-state index contributed by atoms with van der Waals surface area (Å²) in [6.07, 6.45) is 0.270. The summed E-state index contributed by atoms with van der Waals surface area (Å²) in [7, 11) is 0. The Morgan fingerprint density at radius 3 is 2.62 bits per heavy atom. The van der Waals surface area contributed by atoms with Crippen molar-refractivity contribution in [3.8, 4) is 0 Å². The van der Waals surface area contributed by atoms with E-state index < -0.39 is 17.4 Å². The minimum atomic E-state index is -1.17. The molecule has 1 aromatic rings. The summed E-state index contributed by atoms with van der Waals surface area (Å²) in [4.78, 5) is 36.8. The molecule has 3 rings (SSSR count). The van der Waals surface area contributed by atoms with Crippen LogP contribution in [0.4, 0.5) is 0 Å². The van der Waals surface area contributed by atoms with Crippen molar-refractivity contribution in [3.05, 3.63) is 47.2 Å². The Morgan fingerprint density at radius 1 is 1.38 bits per heavy atom. The number of rotatable bonds is 4. The first-order valence-electron chi connectivity index (χ1n) is 7.42. The first-order chi connectivity index (χ1) is 11.4. The molecule has 7 nitrogen and oxygen atoms in total. The molecular weight excluding hydrogens is 330 g/mol. The zero-order valence-electron chi connectivity index (χ0n) is 12.9. The second-order valence-electron chi connectivity index (χ2n) is 5.67. The van der Waals surface area contributed by atoms with E-state index in [2.05, 4.69) is 5.32 Å². The molecule has 2 amide bonds. The number of carbonyl (C=O) groups is 3. The number of β-lactam (4-membered cyclic amide) rings is 1. The van der Waals surface area contributed by atoms with Gasteiger partial charge in [0.2, 0.25) is 11.8 Å². The quantitative estimate of drug-likeness (QED) is 0.694. The number of benzene rings is 1. The number of nitrogens with two attached hydrogens (primary N) is 1. The second kappa shape index (κ2) is 6.29. The molecular formula is C16H17N3O4S. The Balaban J connectivity index is 1.80. The molecule has 126 valence electrons. The average molecular weight is 347 g/mol. The number of thioether (sulfide) groups is 1. The van der Waals surface area contributed by atoms with Crippen LogP contribution in [0, 0.1) is 0 Å². The molecule has 2 unspecified atom stereocenters. The van der Waals surface area contributed by atoms with Crippen LogP contribution in [0.25, 0.3) is 0 Å². The molecule has 0 aliphatic carbocycles. The minimum Gasteiger partial charge on any atom is -0.477 e. The zero-order valence-corrected chi connectivity index (χ0v) is 13.7. The second-order valence-corrected chi connectivity index (χ2v) is 6.96. The number of nitrogens with zero attached hydrogens (tertiary/aromatic N) is 1. The number of fused-ring (bicyclic) bond motifs is 1. The first kappa shape index (κ1) is 16.5. The molecule has 1 saturated heterocycles. The number of aliphatic carboxylic acids is 1. The third-order valence-electron chi connectivity index (χ3n) is 4.12. The molecule has 2 aliphatic rings. The number of hydrogen-bond acceptors (Lipinski definition) is 5. The topological polar surface area (TPSA) is 113 Å². The lowest BCUT2D eigenvalue weighted by molar-refractivity contribution is -0.146. The molecule has 2 aliphatic heterocycles. The van der Waals surface area contributed by atoms with Gasteiger partial charge in [-0.3, -0.25) is 14.5 Å². The van der Waals surface area contributed by atoms with Gasteiger partial charge in [-0.15, -0.1) is 11.8 Å². The molecule has 1 fully saturated rings. The molecule has 24 heavy (non-hydrogen) atoms. The van der Waals surface area contributed by atoms with Gasteiger partial charge in [0.05, 0.1) is 11.8 Å². The molecule has 3 atom stereocenters. The van der Waals surface area contributed by atoms with Crippen LogP contribution in [0.15, 0.2) is 41.6 Å². The molecule has 1 aromatic carbocycles. The van der Waals surface area contributed by atoms with Crippen molar-refractivity contribution >= 4 is 29.5 Å². The van der Waals surface area contributed by atoms with Gasteiger partial charge in [0.1, 0.15) is 17.1 Å². The Hall–Kier alpha value is -2.32. The number of carboxylic acids is 1. The molecule has 8 heteroatoms. The maximum Gasteiger partial charge on any atom is 0.352 e. The van der Waals surface area contributed by atoms with Crippen molar-refractivity contribution < 1.29 is 19.5 Å². The lowest BCUT2D eigenvalue weighted by Gasteiger charge is -2.46. The fraction of sp³-hybridized carbons (Fsp3) is 0.312. The smallest absolute Gasteiger partial charge is 0.352 e. The van der Waals surface area contributed by atoms with E-state index >= 15 is 0 Å². The SMILES string of the molecule is CC1=C(C(=O)O)N2C(=O)C[C@H]2SC1NC(=O)C(N)c1ccccc1. The predicted molar refractivity (Wildman–Crippen MR) is 88.5 cm³/mol. The van der Waals surface area contributed by atoms with Crippen LogP contribution < -0.4 is 11.1 Å². The number of hydrogen-bond donors (Lipinski definition) is 3. The van der Waals surface area contributed by atoms with Gasteiger partial charge in [0, 0.05) is 0 Å². The third-order valence-corrected chi connectivity index (χ3v) is 5.56. The van der Waals surface area contributed by atoms with Crippen LogP contribution in [0.5, 0.6) is 0 Å². The van der Waals surface area contributed by atoms with E-state index in [0.29, 0.717) is 11.1 Å². The van der Waals surface area contributed by atoms with E-state index in [9.17, 15) is 19.5 Å². The molecule has 2 heterocycles. The Labute approximate surface area is 142 Å².